The van der Waals surface area contributed by atoms with E-state index in [0.29, 0.717) is 6.42 Å². The molecule has 0 atom stereocenters. The summed E-state index contributed by atoms with van der Waals surface area (Å²) in [5.74, 6) is -1.27. The van der Waals surface area contributed by atoms with Crippen molar-refractivity contribution in [1.29, 1.82) is 0 Å². The van der Waals surface area contributed by atoms with Gasteiger partial charge in [-0.15, -0.1) is 0 Å². The highest BCUT2D eigenvalue weighted by Gasteiger charge is 2.00. The van der Waals surface area contributed by atoms with Gasteiger partial charge in [-0.3, -0.25) is 4.79 Å². The van der Waals surface area contributed by atoms with Crippen molar-refractivity contribution in [3.05, 3.63) is 0 Å². The van der Waals surface area contributed by atoms with E-state index in [0.717, 1.165) is 18.6 Å². The standard InChI is InChI=1S/C8H14O3S/c1-12-6-4-2-3-5-7(9)8(10)11/h2-6H2,1H3,(H,10,11)/p-1. The minimum atomic E-state index is -1.56. The number of hydrogen-bond acceptors (Lipinski definition) is 4. The van der Waals surface area contributed by atoms with Crippen LogP contribution in [0.15, 0.2) is 0 Å². The Labute approximate surface area is 76.5 Å². The number of carboxylic acid groups (broad SMARTS) is 1. The zero-order valence-electron chi connectivity index (χ0n) is 7.17. The zero-order valence-corrected chi connectivity index (χ0v) is 7.99. The maximum atomic E-state index is 10.5. The monoisotopic (exact) mass is 189 g/mol. The number of hydrogen-bond donors (Lipinski definition) is 0. The molecule has 0 heterocycles. The smallest absolute Gasteiger partial charge is 0.178 e. The summed E-state index contributed by atoms with van der Waals surface area (Å²) in [6.45, 7) is 0. The Bertz CT molecular complexity index is 156. The van der Waals surface area contributed by atoms with Crippen LogP contribution in [0.4, 0.5) is 0 Å². The van der Waals surface area contributed by atoms with E-state index >= 15 is 0 Å². The van der Waals surface area contributed by atoms with Crippen molar-refractivity contribution in [2.45, 2.75) is 25.7 Å². The molecule has 0 bridgehead atoms. The lowest BCUT2D eigenvalue weighted by Gasteiger charge is -2.00. The topological polar surface area (TPSA) is 57.2 Å². The van der Waals surface area contributed by atoms with Crippen molar-refractivity contribution in [2.24, 2.45) is 0 Å². The maximum Gasteiger partial charge on any atom is 0.178 e. The van der Waals surface area contributed by atoms with Crippen LogP contribution in [0.2, 0.25) is 0 Å². The van der Waals surface area contributed by atoms with Crippen LogP contribution >= 0.6 is 11.8 Å². The average Bonchev–Trinajstić information content (AvgIpc) is 2.03. The number of rotatable bonds is 7. The summed E-state index contributed by atoms with van der Waals surface area (Å²) in [6, 6.07) is 0. The van der Waals surface area contributed by atoms with Gasteiger partial charge in [0.2, 0.25) is 0 Å². The molecule has 0 saturated carbocycles. The highest BCUT2D eigenvalue weighted by molar-refractivity contribution is 7.98. The first kappa shape index (κ1) is 11.5. The number of Topliss-reactive ketones (excluding diaryl/α,β-unsaturated/α-hetero) is 1. The van der Waals surface area contributed by atoms with Gasteiger partial charge in [0.05, 0.1) is 0 Å². The van der Waals surface area contributed by atoms with Crippen molar-refractivity contribution in [1.82, 2.24) is 0 Å². The first-order valence-corrected chi connectivity index (χ1v) is 5.31. The molecule has 0 aromatic heterocycles. The molecule has 0 radical (unpaired) electrons. The molecular weight excluding hydrogens is 176 g/mol. The Hall–Kier alpha value is -0.510. The molecule has 0 aliphatic carbocycles. The molecule has 0 N–H and O–H groups in total. The summed E-state index contributed by atoms with van der Waals surface area (Å²) in [5, 5.41) is 9.95. The number of carbonyl (C=O) groups excluding carboxylic acids is 2. The lowest BCUT2D eigenvalue weighted by molar-refractivity contribution is -0.300. The van der Waals surface area contributed by atoms with Crippen molar-refractivity contribution in [3.63, 3.8) is 0 Å². The number of carboxylic acids is 1. The fourth-order valence-electron chi connectivity index (χ4n) is 0.811. The summed E-state index contributed by atoms with van der Waals surface area (Å²) in [6.07, 6.45) is 4.76. The molecule has 0 unspecified atom stereocenters. The number of thioether (sulfide) groups is 1. The molecule has 0 aliphatic heterocycles. The van der Waals surface area contributed by atoms with Crippen LogP contribution in [0.25, 0.3) is 0 Å². The second kappa shape index (κ2) is 7.16. The van der Waals surface area contributed by atoms with Gasteiger partial charge in [0.15, 0.2) is 5.78 Å². The summed E-state index contributed by atoms with van der Waals surface area (Å²) in [5.41, 5.74) is 0. The van der Waals surface area contributed by atoms with Crippen LogP contribution in [0.1, 0.15) is 25.7 Å². The Morgan fingerprint density at radius 1 is 1.25 bits per heavy atom. The van der Waals surface area contributed by atoms with Gasteiger partial charge < -0.3 is 9.90 Å². The van der Waals surface area contributed by atoms with Crippen molar-refractivity contribution < 1.29 is 14.7 Å². The first-order valence-electron chi connectivity index (χ1n) is 3.91. The summed E-state index contributed by atoms with van der Waals surface area (Å²) in [7, 11) is 0. The average molecular weight is 189 g/mol. The number of unbranched alkanes of at least 4 members (excludes halogenated alkanes) is 2. The summed E-state index contributed by atoms with van der Waals surface area (Å²) in [4.78, 5) is 20.5. The van der Waals surface area contributed by atoms with E-state index in [2.05, 4.69) is 0 Å². The van der Waals surface area contributed by atoms with Crippen LogP contribution in [0.5, 0.6) is 0 Å². The van der Waals surface area contributed by atoms with Gasteiger partial charge in [-0.1, -0.05) is 6.42 Å². The molecule has 0 fully saturated rings. The SMILES string of the molecule is CSCCCCCC(=O)C(=O)[O-]. The van der Waals surface area contributed by atoms with E-state index in [1.807, 2.05) is 6.26 Å². The van der Waals surface area contributed by atoms with E-state index in [4.69, 9.17) is 0 Å². The Morgan fingerprint density at radius 3 is 2.42 bits per heavy atom. The van der Waals surface area contributed by atoms with Gasteiger partial charge in [0, 0.05) is 6.42 Å². The van der Waals surface area contributed by atoms with Gasteiger partial charge >= 0.3 is 0 Å². The molecule has 70 valence electrons. The molecule has 0 rings (SSSR count). The van der Waals surface area contributed by atoms with Crippen LogP contribution in [0, 0.1) is 0 Å². The molecule has 0 amide bonds. The van der Waals surface area contributed by atoms with E-state index in [9.17, 15) is 14.7 Å². The molecule has 0 aromatic carbocycles. The largest absolute Gasteiger partial charge is 0.542 e. The minimum Gasteiger partial charge on any atom is -0.542 e. The van der Waals surface area contributed by atoms with E-state index < -0.39 is 11.8 Å². The second-order valence-corrected chi connectivity index (χ2v) is 3.50. The van der Waals surface area contributed by atoms with Crippen molar-refractivity contribution in [3.8, 4) is 0 Å². The predicted octanol–water partition coefficient (Wildman–Crippen LogP) is 0.229. The van der Waals surface area contributed by atoms with Gasteiger partial charge in [-0.2, -0.15) is 11.8 Å². The van der Waals surface area contributed by atoms with Crippen molar-refractivity contribution >= 4 is 23.5 Å². The van der Waals surface area contributed by atoms with Crippen LogP contribution in [-0.2, 0) is 9.59 Å². The van der Waals surface area contributed by atoms with Crippen LogP contribution in [-0.4, -0.2) is 23.8 Å². The molecule has 3 nitrogen and oxygen atoms in total. The van der Waals surface area contributed by atoms with Gasteiger partial charge in [-0.05, 0) is 24.9 Å². The number of aliphatic carboxylic acids is 1. The number of ketones is 1. The van der Waals surface area contributed by atoms with Crippen LogP contribution in [0.3, 0.4) is 0 Å². The fraction of sp³-hybridized carbons (Fsp3) is 0.750. The molecular formula is C8H13O3S-. The second-order valence-electron chi connectivity index (χ2n) is 2.51. The van der Waals surface area contributed by atoms with Crippen molar-refractivity contribution in [2.75, 3.05) is 12.0 Å². The summed E-state index contributed by atoms with van der Waals surface area (Å²) >= 11 is 1.75. The molecule has 12 heavy (non-hydrogen) atoms. The quantitative estimate of drug-likeness (QED) is 0.425. The Balaban J connectivity index is 3.20. The molecule has 0 spiro atoms. The highest BCUT2D eigenvalue weighted by atomic mass is 32.2. The minimum absolute atomic E-state index is 0.122. The fourth-order valence-corrected chi connectivity index (χ4v) is 1.30. The molecule has 0 aliphatic rings. The highest BCUT2D eigenvalue weighted by Crippen LogP contribution is 2.04. The lowest BCUT2D eigenvalue weighted by Crippen LogP contribution is -2.31. The predicted molar refractivity (Wildman–Crippen MR) is 46.9 cm³/mol. The lowest BCUT2D eigenvalue weighted by atomic mass is 10.1. The number of carbonyl (C=O) groups is 2. The maximum absolute atomic E-state index is 10.5. The molecule has 4 heteroatoms. The van der Waals surface area contributed by atoms with E-state index in [-0.39, 0.29) is 6.42 Å². The third kappa shape index (κ3) is 6.22. The first-order chi connectivity index (χ1) is 5.68. The molecule has 0 aromatic rings. The van der Waals surface area contributed by atoms with Gasteiger partial charge in [-0.25, -0.2) is 0 Å². The third-order valence-electron chi connectivity index (χ3n) is 1.48. The zero-order chi connectivity index (χ0) is 9.40. The summed E-state index contributed by atoms with van der Waals surface area (Å²) < 4.78 is 0. The van der Waals surface area contributed by atoms with E-state index in [1.165, 1.54) is 0 Å². The van der Waals surface area contributed by atoms with Gasteiger partial charge in [0.25, 0.3) is 0 Å². The normalized spacial score (nSPS) is 9.75. The van der Waals surface area contributed by atoms with E-state index in [1.54, 1.807) is 11.8 Å². The molecule has 0 saturated heterocycles. The van der Waals surface area contributed by atoms with Gasteiger partial charge in [0.1, 0.15) is 5.97 Å². The van der Waals surface area contributed by atoms with Crippen LogP contribution < -0.4 is 5.11 Å². The third-order valence-corrected chi connectivity index (χ3v) is 2.18. The Kier molecular flexibility index (Phi) is 6.85. The Morgan fingerprint density at radius 2 is 1.92 bits per heavy atom.